The summed E-state index contributed by atoms with van der Waals surface area (Å²) >= 11 is 5.86. The monoisotopic (exact) mass is 493 g/mol. The number of aryl methyl sites for hydroxylation is 2. The van der Waals surface area contributed by atoms with Gasteiger partial charge in [-0.2, -0.15) is 26.3 Å². The third-order valence-corrected chi connectivity index (χ3v) is 5.48. The molecule has 0 saturated carbocycles. The smallest absolute Gasteiger partial charge is 0.435 e. The number of hydrogen-bond donors (Lipinski definition) is 1. The van der Waals surface area contributed by atoms with Crippen LogP contribution in [0.3, 0.4) is 0 Å². The Balaban J connectivity index is 2.10. The van der Waals surface area contributed by atoms with Crippen LogP contribution in [0.5, 0.6) is 0 Å². The van der Waals surface area contributed by atoms with Gasteiger partial charge >= 0.3 is 24.0 Å². The van der Waals surface area contributed by atoms with Crippen LogP contribution < -0.4 is 0 Å². The molecule has 3 nitrogen and oxygen atoms in total. The Morgan fingerprint density at radius 2 is 1.42 bits per heavy atom. The fourth-order valence-corrected chi connectivity index (χ4v) is 3.82. The Morgan fingerprint density at radius 3 is 1.91 bits per heavy atom. The highest BCUT2D eigenvalue weighted by molar-refractivity contribution is 6.33. The summed E-state index contributed by atoms with van der Waals surface area (Å²) in [6, 6.07) is 6.89. The molecule has 11 heteroatoms. The van der Waals surface area contributed by atoms with Gasteiger partial charge < -0.3 is 9.67 Å². The van der Waals surface area contributed by atoms with Gasteiger partial charge in [0, 0.05) is 18.0 Å². The van der Waals surface area contributed by atoms with Gasteiger partial charge in [0.2, 0.25) is 0 Å². The van der Waals surface area contributed by atoms with Gasteiger partial charge in [0.05, 0.1) is 16.3 Å². The fraction of sp³-hybridized carbons (Fsp3) is 0.227. The van der Waals surface area contributed by atoms with E-state index in [1.807, 2.05) is 0 Å². The molecule has 1 aromatic heterocycles. The van der Waals surface area contributed by atoms with Gasteiger partial charge in [0.1, 0.15) is 0 Å². The van der Waals surface area contributed by atoms with Crippen LogP contribution in [0.1, 0.15) is 27.0 Å². The zero-order valence-electron chi connectivity index (χ0n) is 16.9. The van der Waals surface area contributed by atoms with Gasteiger partial charge in [0.15, 0.2) is 0 Å². The van der Waals surface area contributed by atoms with Crippen molar-refractivity contribution in [1.29, 1.82) is 0 Å². The lowest BCUT2D eigenvalue weighted by molar-refractivity contribution is -0.348. The minimum atomic E-state index is -6.21. The van der Waals surface area contributed by atoms with Crippen molar-refractivity contribution < 1.29 is 40.6 Å². The highest BCUT2D eigenvalue weighted by Gasteiger charge is 2.73. The van der Waals surface area contributed by atoms with Crippen molar-refractivity contribution in [3.8, 4) is 16.8 Å². The second kappa shape index (κ2) is 8.09. The molecule has 0 aliphatic rings. The van der Waals surface area contributed by atoms with Crippen LogP contribution in [0.15, 0.2) is 48.8 Å². The summed E-state index contributed by atoms with van der Waals surface area (Å²) in [7, 11) is 0. The van der Waals surface area contributed by atoms with Crippen molar-refractivity contribution in [3.63, 3.8) is 0 Å². The van der Waals surface area contributed by atoms with E-state index < -0.39 is 29.6 Å². The Bertz CT molecular complexity index is 1190. The third-order valence-electron chi connectivity index (χ3n) is 5.15. The number of rotatable bonds is 4. The molecule has 1 N–H and O–H groups in total. The minimum absolute atomic E-state index is 0.0231. The second-order valence-corrected chi connectivity index (χ2v) is 7.83. The summed E-state index contributed by atoms with van der Waals surface area (Å²) in [6.07, 6.45) is -9.40. The predicted octanol–water partition coefficient (Wildman–Crippen LogP) is 7.40. The van der Waals surface area contributed by atoms with Crippen molar-refractivity contribution in [3.05, 3.63) is 76.1 Å². The van der Waals surface area contributed by atoms with Crippen molar-refractivity contribution in [1.82, 2.24) is 4.57 Å². The van der Waals surface area contributed by atoms with Crippen LogP contribution in [-0.4, -0.2) is 28.0 Å². The number of hydrogen-bond acceptors (Lipinski definition) is 1. The number of nitrogens with zero attached hydrogens (tertiary/aromatic N) is 1. The topological polar surface area (TPSA) is 42.2 Å². The van der Waals surface area contributed by atoms with Crippen LogP contribution in [0, 0.1) is 13.8 Å². The van der Waals surface area contributed by atoms with E-state index >= 15 is 0 Å². The molecule has 0 spiro atoms. The quantitative estimate of drug-likeness (QED) is 0.385. The maximum Gasteiger partial charge on any atom is 0.435 e. The van der Waals surface area contributed by atoms with E-state index in [9.17, 15) is 40.6 Å². The molecule has 1 heterocycles. The SMILES string of the molecule is Cc1cc(C(F)(C(F)(F)F)C(F)(F)F)cc(C)c1-n1ccc(-c2ccc(Cl)c(C(=O)O)c2)c1. The normalized spacial score (nSPS) is 12.8. The lowest BCUT2D eigenvalue weighted by Crippen LogP contribution is -2.50. The zero-order chi connectivity index (χ0) is 24.9. The summed E-state index contributed by atoms with van der Waals surface area (Å²) in [4.78, 5) is 11.3. The van der Waals surface area contributed by atoms with Crippen molar-refractivity contribution in [2.24, 2.45) is 0 Å². The Kier molecular flexibility index (Phi) is 6.04. The predicted molar refractivity (Wildman–Crippen MR) is 108 cm³/mol. The standard InChI is InChI=1S/C22H15ClF7NO2/c1-11-7-15(20(24,21(25,26)27)22(28,29)30)8-12(2)18(11)31-6-5-14(10-31)13-3-4-17(23)16(9-13)19(32)33/h3-10H,1-2H3,(H,32,33). The van der Waals surface area contributed by atoms with Gasteiger partial charge in [-0.3, -0.25) is 0 Å². The number of benzene rings is 2. The molecule has 0 fully saturated rings. The number of aromatic nitrogens is 1. The Morgan fingerprint density at radius 1 is 0.879 bits per heavy atom. The molecule has 0 aliphatic carbocycles. The zero-order valence-corrected chi connectivity index (χ0v) is 17.7. The van der Waals surface area contributed by atoms with Crippen LogP contribution in [0.2, 0.25) is 5.02 Å². The molecular weight excluding hydrogens is 479 g/mol. The number of halogens is 8. The second-order valence-electron chi connectivity index (χ2n) is 7.42. The maximum atomic E-state index is 14.5. The van der Waals surface area contributed by atoms with Gasteiger partial charge in [-0.25, -0.2) is 9.18 Å². The van der Waals surface area contributed by atoms with Crippen molar-refractivity contribution >= 4 is 17.6 Å². The number of carboxylic acids is 1. The average Bonchev–Trinajstić information content (AvgIpc) is 3.14. The Labute approximate surface area is 188 Å². The first-order valence-electron chi connectivity index (χ1n) is 9.23. The lowest BCUT2D eigenvalue weighted by atomic mass is 9.90. The van der Waals surface area contributed by atoms with Crippen LogP contribution >= 0.6 is 11.6 Å². The first-order chi connectivity index (χ1) is 15.1. The number of carbonyl (C=O) groups is 1. The molecule has 33 heavy (non-hydrogen) atoms. The number of aromatic carboxylic acids is 1. The maximum absolute atomic E-state index is 14.5. The van der Waals surface area contributed by atoms with E-state index in [-0.39, 0.29) is 27.4 Å². The lowest BCUT2D eigenvalue weighted by Gasteiger charge is -2.31. The van der Waals surface area contributed by atoms with Crippen LogP contribution in [0.4, 0.5) is 30.7 Å². The Hall–Kier alpha value is -3.01. The fourth-order valence-electron chi connectivity index (χ4n) is 3.63. The summed E-state index contributed by atoms with van der Waals surface area (Å²) in [5.41, 5.74) is -6.03. The highest BCUT2D eigenvalue weighted by Crippen LogP contribution is 2.53. The van der Waals surface area contributed by atoms with E-state index in [2.05, 4.69) is 0 Å². The molecule has 2 aromatic carbocycles. The highest BCUT2D eigenvalue weighted by atomic mass is 35.5. The average molecular weight is 494 g/mol. The molecule has 0 radical (unpaired) electrons. The number of alkyl halides is 7. The largest absolute Gasteiger partial charge is 0.478 e. The molecule has 3 aromatic rings. The number of carboxylic acid groups (broad SMARTS) is 1. The van der Waals surface area contributed by atoms with Crippen molar-refractivity contribution in [2.75, 3.05) is 0 Å². The molecule has 0 unspecified atom stereocenters. The molecule has 0 atom stereocenters. The van der Waals surface area contributed by atoms with E-state index in [1.165, 1.54) is 42.9 Å². The van der Waals surface area contributed by atoms with Crippen LogP contribution in [0.25, 0.3) is 16.8 Å². The molecule has 176 valence electrons. The van der Waals surface area contributed by atoms with Crippen LogP contribution in [-0.2, 0) is 5.67 Å². The molecule has 0 saturated heterocycles. The van der Waals surface area contributed by atoms with Gasteiger partial charge in [-0.15, -0.1) is 0 Å². The third kappa shape index (κ3) is 4.19. The summed E-state index contributed by atoms with van der Waals surface area (Å²) < 4.78 is 94.7. The van der Waals surface area contributed by atoms with E-state index in [4.69, 9.17) is 11.6 Å². The van der Waals surface area contributed by atoms with Gasteiger partial charge in [0.25, 0.3) is 0 Å². The summed E-state index contributed by atoms with van der Waals surface area (Å²) in [6.45, 7) is 2.53. The molecule has 3 rings (SSSR count). The van der Waals surface area contributed by atoms with Gasteiger partial charge in [-0.05, 0) is 54.3 Å². The first-order valence-corrected chi connectivity index (χ1v) is 9.61. The summed E-state index contributed by atoms with van der Waals surface area (Å²) in [5, 5.41) is 9.24. The van der Waals surface area contributed by atoms with E-state index in [1.54, 1.807) is 12.1 Å². The minimum Gasteiger partial charge on any atom is -0.478 e. The molecule has 0 bridgehead atoms. The molecular formula is C22H15ClF7NO2. The molecule has 0 aliphatic heterocycles. The van der Waals surface area contributed by atoms with Crippen molar-refractivity contribution in [2.45, 2.75) is 31.9 Å². The molecule has 0 amide bonds. The first kappa shape index (κ1) is 24.6. The van der Waals surface area contributed by atoms with Gasteiger partial charge in [-0.1, -0.05) is 29.8 Å². The van der Waals surface area contributed by atoms with E-state index in [0.29, 0.717) is 23.3 Å². The van der Waals surface area contributed by atoms with E-state index in [0.717, 1.165) is 0 Å². The summed E-state index contributed by atoms with van der Waals surface area (Å²) in [5.74, 6) is -1.24.